The molecule has 0 aliphatic carbocycles. The van der Waals surface area contributed by atoms with E-state index in [9.17, 15) is 9.59 Å². The largest absolute Gasteiger partial charge is 0.356 e. The minimum Gasteiger partial charge on any atom is -0.356 e. The minimum atomic E-state index is -0.262. The number of rotatable bonds is 1. The molecule has 1 amide bonds. The molecule has 108 valence electrons. The third-order valence-electron chi connectivity index (χ3n) is 4.10. The first-order valence-corrected chi connectivity index (χ1v) is 7.28. The standard InChI is InChI=1S/C14H17ClN2O3/c1-3-9-6-16-7-10-17(8(2)4-5-20-10)14(19)12(16)11(15)13(9)18/h6,8,10H,3-5,7H2,1-2H3/t8-,10?/m1/s1. The molecule has 3 heterocycles. The molecule has 0 N–H and O–H groups in total. The SMILES string of the molecule is CCc1cn2c(c(Cl)c1=O)C(=O)N1C(C2)OCC[C@H]1C. The molecule has 1 fully saturated rings. The van der Waals surface area contributed by atoms with Gasteiger partial charge in [0.2, 0.25) is 5.43 Å². The van der Waals surface area contributed by atoms with E-state index >= 15 is 0 Å². The van der Waals surface area contributed by atoms with Crippen molar-refractivity contribution in [3.63, 3.8) is 0 Å². The highest BCUT2D eigenvalue weighted by Gasteiger charge is 2.40. The summed E-state index contributed by atoms with van der Waals surface area (Å²) in [5, 5.41) is 0.0329. The Balaban J connectivity index is 2.15. The van der Waals surface area contributed by atoms with Gasteiger partial charge in [-0.1, -0.05) is 18.5 Å². The molecule has 1 unspecified atom stereocenters. The van der Waals surface area contributed by atoms with Gasteiger partial charge in [0.1, 0.15) is 10.7 Å². The lowest BCUT2D eigenvalue weighted by molar-refractivity contribution is -0.112. The third-order valence-corrected chi connectivity index (χ3v) is 4.45. The summed E-state index contributed by atoms with van der Waals surface area (Å²) in [5.41, 5.74) is 0.684. The van der Waals surface area contributed by atoms with Crippen LogP contribution >= 0.6 is 11.6 Å². The number of aromatic nitrogens is 1. The fraction of sp³-hybridized carbons (Fsp3) is 0.571. The monoisotopic (exact) mass is 296 g/mol. The molecule has 6 heteroatoms. The van der Waals surface area contributed by atoms with E-state index in [4.69, 9.17) is 16.3 Å². The van der Waals surface area contributed by atoms with Crippen molar-refractivity contribution in [2.45, 2.75) is 45.5 Å². The van der Waals surface area contributed by atoms with Crippen molar-refractivity contribution in [3.05, 3.63) is 32.7 Å². The van der Waals surface area contributed by atoms with Crippen LogP contribution in [-0.2, 0) is 17.7 Å². The summed E-state index contributed by atoms with van der Waals surface area (Å²) >= 11 is 6.15. The molecular formula is C14H17ClN2O3. The van der Waals surface area contributed by atoms with Crippen LogP contribution in [0.3, 0.4) is 0 Å². The van der Waals surface area contributed by atoms with Crippen molar-refractivity contribution in [2.24, 2.45) is 0 Å². The fourth-order valence-corrected chi connectivity index (χ4v) is 3.25. The Morgan fingerprint density at radius 1 is 1.45 bits per heavy atom. The summed E-state index contributed by atoms with van der Waals surface area (Å²) in [6.07, 6.45) is 2.87. The van der Waals surface area contributed by atoms with Crippen LogP contribution in [0.2, 0.25) is 5.02 Å². The summed E-state index contributed by atoms with van der Waals surface area (Å²) in [6, 6.07) is 0.104. The smallest absolute Gasteiger partial charge is 0.274 e. The van der Waals surface area contributed by atoms with Gasteiger partial charge in [-0.05, 0) is 19.8 Å². The average molecular weight is 297 g/mol. The number of pyridine rings is 1. The van der Waals surface area contributed by atoms with Crippen LogP contribution in [0, 0.1) is 0 Å². The Kier molecular flexibility index (Phi) is 3.34. The second kappa shape index (κ2) is 4.90. The Morgan fingerprint density at radius 2 is 2.20 bits per heavy atom. The Bertz CT molecular complexity index is 626. The van der Waals surface area contributed by atoms with Crippen molar-refractivity contribution < 1.29 is 9.53 Å². The predicted molar refractivity (Wildman–Crippen MR) is 75.1 cm³/mol. The summed E-state index contributed by atoms with van der Waals surface area (Å²) in [5.74, 6) is -0.210. The van der Waals surface area contributed by atoms with Crippen LogP contribution in [0.25, 0.3) is 0 Å². The minimum absolute atomic E-state index is 0.0329. The molecule has 0 spiro atoms. The van der Waals surface area contributed by atoms with Crippen LogP contribution < -0.4 is 5.43 Å². The van der Waals surface area contributed by atoms with Crippen LogP contribution in [0.15, 0.2) is 11.0 Å². The highest BCUT2D eigenvalue weighted by molar-refractivity contribution is 6.33. The Morgan fingerprint density at radius 3 is 2.90 bits per heavy atom. The lowest BCUT2D eigenvalue weighted by Crippen LogP contribution is -2.57. The van der Waals surface area contributed by atoms with E-state index in [1.54, 1.807) is 15.7 Å². The lowest BCUT2D eigenvalue weighted by atomic mass is 10.1. The van der Waals surface area contributed by atoms with E-state index < -0.39 is 0 Å². The molecule has 0 radical (unpaired) electrons. The van der Waals surface area contributed by atoms with Gasteiger partial charge in [-0.15, -0.1) is 0 Å². The van der Waals surface area contributed by atoms with E-state index in [1.165, 1.54) is 0 Å². The second-order valence-corrected chi connectivity index (χ2v) is 5.71. The van der Waals surface area contributed by atoms with Gasteiger partial charge < -0.3 is 14.2 Å². The Hall–Kier alpha value is -1.33. The number of aryl methyl sites for hydroxylation is 1. The summed E-state index contributed by atoms with van der Waals surface area (Å²) < 4.78 is 7.45. The van der Waals surface area contributed by atoms with Gasteiger partial charge in [0.05, 0.1) is 13.2 Å². The topological polar surface area (TPSA) is 51.5 Å². The summed E-state index contributed by atoms with van der Waals surface area (Å²) in [7, 11) is 0. The van der Waals surface area contributed by atoms with Crippen molar-refractivity contribution in [1.29, 1.82) is 0 Å². The molecule has 2 aliphatic heterocycles. The highest BCUT2D eigenvalue weighted by Crippen LogP contribution is 2.28. The number of halogens is 1. The molecule has 1 saturated heterocycles. The third kappa shape index (κ3) is 1.88. The molecular weight excluding hydrogens is 280 g/mol. The molecule has 20 heavy (non-hydrogen) atoms. The maximum Gasteiger partial charge on any atom is 0.274 e. The zero-order valence-electron chi connectivity index (χ0n) is 11.6. The number of carbonyl (C=O) groups excluding carboxylic acids is 1. The van der Waals surface area contributed by atoms with Crippen LogP contribution in [0.5, 0.6) is 0 Å². The van der Waals surface area contributed by atoms with E-state index in [0.717, 1.165) is 6.42 Å². The zero-order chi connectivity index (χ0) is 14.4. The van der Waals surface area contributed by atoms with E-state index in [1.807, 2.05) is 13.8 Å². The zero-order valence-corrected chi connectivity index (χ0v) is 12.3. The van der Waals surface area contributed by atoms with Gasteiger partial charge in [0, 0.05) is 17.8 Å². The molecule has 1 aromatic rings. The number of carbonyl (C=O) groups is 1. The van der Waals surface area contributed by atoms with Gasteiger partial charge in [-0.25, -0.2) is 0 Å². The fourth-order valence-electron chi connectivity index (χ4n) is 2.94. The number of ether oxygens (including phenoxy) is 1. The lowest BCUT2D eigenvalue weighted by Gasteiger charge is -2.44. The average Bonchev–Trinajstić information content (AvgIpc) is 2.42. The molecule has 5 nitrogen and oxygen atoms in total. The number of fused-ring (bicyclic) bond motifs is 2. The number of amides is 1. The van der Waals surface area contributed by atoms with Crippen LogP contribution in [-0.4, -0.2) is 34.3 Å². The van der Waals surface area contributed by atoms with Crippen molar-refractivity contribution in [1.82, 2.24) is 9.47 Å². The molecule has 0 aromatic carbocycles. The molecule has 2 aliphatic rings. The van der Waals surface area contributed by atoms with E-state index in [2.05, 4.69) is 0 Å². The molecule has 0 saturated carbocycles. The van der Waals surface area contributed by atoms with Crippen molar-refractivity contribution in [3.8, 4) is 0 Å². The van der Waals surface area contributed by atoms with Gasteiger partial charge in [0.15, 0.2) is 6.23 Å². The van der Waals surface area contributed by atoms with E-state index in [-0.39, 0.29) is 28.6 Å². The summed E-state index contributed by atoms with van der Waals surface area (Å²) in [6.45, 7) is 5.07. The van der Waals surface area contributed by atoms with Crippen LogP contribution in [0.4, 0.5) is 0 Å². The van der Waals surface area contributed by atoms with Crippen LogP contribution in [0.1, 0.15) is 36.3 Å². The highest BCUT2D eigenvalue weighted by atomic mass is 35.5. The summed E-state index contributed by atoms with van der Waals surface area (Å²) in [4.78, 5) is 26.5. The first-order valence-electron chi connectivity index (χ1n) is 6.90. The number of hydrogen-bond donors (Lipinski definition) is 0. The normalized spacial score (nSPS) is 25.4. The predicted octanol–water partition coefficient (Wildman–Crippen LogP) is 1.65. The molecule has 2 atom stereocenters. The Labute approximate surface area is 122 Å². The molecule has 0 bridgehead atoms. The first-order chi connectivity index (χ1) is 9.54. The first kappa shape index (κ1) is 13.6. The van der Waals surface area contributed by atoms with E-state index in [0.29, 0.717) is 30.8 Å². The maximum absolute atomic E-state index is 12.6. The van der Waals surface area contributed by atoms with Crippen molar-refractivity contribution in [2.75, 3.05) is 6.61 Å². The maximum atomic E-state index is 12.6. The molecule has 1 aromatic heterocycles. The van der Waals surface area contributed by atoms with Gasteiger partial charge in [-0.2, -0.15) is 0 Å². The van der Waals surface area contributed by atoms with Gasteiger partial charge >= 0.3 is 0 Å². The quantitative estimate of drug-likeness (QED) is 0.792. The molecule has 3 rings (SSSR count). The van der Waals surface area contributed by atoms with Crippen molar-refractivity contribution >= 4 is 17.5 Å². The van der Waals surface area contributed by atoms with Gasteiger partial charge in [0.25, 0.3) is 5.91 Å². The number of hydrogen-bond acceptors (Lipinski definition) is 3. The van der Waals surface area contributed by atoms with Gasteiger partial charge in [-0.3, -0.25) is 9.59 Å². The second-order valence-electron chi connectivity index (χ2n) is 5.33. The number of nitrogens with zero attached hydrogens (tertiary/aromatic N) is 2.